The van der Waals surface area contributed by atoms with Gasteiger partial charge in [0.1, 0.15) is 5.82 Å². The van der Waals surface area contributed by atoms with Crippen molar-refractivity contribution in [1.82, 2.24) is 0 Å². The zero-order valence-corrected chi connectivity index (χ0v) is 9.53. The van der Waals surface area contributed by atoms with Crippen LogP contribution in [0.4, 0.5) is 15.8 Å². The first-order chi connectivity index (χ1) is 8.24. The molecule has 17 heavy (non-hydrogen) atoms. The highest BCUT2D eigenvalue weighted by atomic mass is 35.5. The van der Waals surface area contributed by atoms with E-state index in [-0.39, 0.29) is 5.82 Å². The first-order valence-electron chi connectivity index (χ1n) is 4.92. The van der Waals surface area contributed by atoms with Crippen LogP contribution in [-0.4, -0.2) is 0 Å². The molecule has 0 aliphatic rings. The number of nitrogens with one attached hydrogen (secondary N) is 1. The Morgan fingerprint density at radius 2 is 1.59 bits per heavy atom. The Hall–Kier alpha value is -1.94. The number of anilines is 1. The van der Waals surface area contributed by atoms with Crippen LogP contribution in [0, 0.1) is 5.82 Å². The summed E-state index contributed by atoms with van der Waals surface area (Å²) in [6.45, 7) is 0. The lowest BCUT2D eigenvalue weighted by Crippen LogP contribution is -1.85. The summed E-state index contributed by atoms with van der Waals surface area (Å²) in [7, 11) is 0. The van der Waals surface area contributed by atoms with Gasteiger partial charge in [0.25, 0.3) is 0 Å². The van der Waals surface area contributed by atoms with E-state index in [0.29, 0.717) is 10.7 Å². The van der Waals surface area contributed by atoms with Crippen molar-refractivity contribution in [1.29, 1.82) is 0 Å². The van der Waals surface area contributed by atoms with Crippen LogP contribution in [0.1, 0.15) is 0 Å². The number of hydrogen-bond acceptors (Lipinski definition) is 2. The summed E-state index contributed by atoms with van der Waals surface area (Å²) in [6, 6.07) is 12.8. The quantitative estimate of drug-likeness (QED) is 0.627. The first-order valence-corrected chi connectivity index (χ1v) is 5.30. The van der Waals surface area contributed by atoms with Crippen LogP contribution in [0.15, 0.2) is 58.9 Å². The van der Waals surface area contributed by atoms with E-state index in [1.54, 1.807) is 36.4 Å². The van der Waals surface area contributed by atoms with E-state index in [9.17, 15) is 4.39 Å². The molecule has 0 spiro atoms. The molecule has 0 saturated carbocycles. The summed E-state index contributed by atoms with van der Waals surface area (Å²) in [5, 5.41) is 8.32. The molecule has 2 rings (SSSR count). The van der Waals surface area contributed by atoms with Gasteiger partial charge in [-0.15, -0.1) is 5.11 Å². The molecule has 0 unspecified atom stereocenters. The molecule has 0 aromatic heterocycles. The Bertz CT molecular complexity index is 508. The molecular formula is C12H9ClFN3. The molecule has 3 nitrogen and oxygen atoms in total. The highest BCUT2D eigenvalue weighted by Crippen LogP contribution is 2.15. The van der Waals surface area contributed by atoms with Gasteiger partial charge in [-0.1, -0.05) is 16.8 Å². The van der Waals surface area contributed by atoms with Gasteiger partial charge in [0.2, 0.25) is 0 Å². The van der Waals surface area contributed by atoms with E-state index in [1.807, 2.05) is 0 Å². The molecule has 0 aliphatic carbocycles. The maximum Gasteiger partial charge on any atom is 0.123 e. The smallest absolute Gasteiger partial charge is 0.123 e. The van der Waals surface area contributed by atoms with Crippen molar-refractivity contribution in [3.63, 3.8) is 0 Å². The van der Waals surface area contributed by atoms with Gasteiger partial charge < -0.3 is 0 Å². The van der Waals surface area contributed by atoms with E-state index >= 15 is 0 Å². The van der Waals surface area contributed by atoms with Gasteiger partial charge >= 0.3 is 0 Å². The van der Waals surface area contributed by atoms with Gasteiger partial charge in [-0.25, -0.2) is 4.39 Å². The predicted molar refractivity (Wildman–Crippen MR) is 66.0 cm³/mol. The monoisotopic (exact) mass is 249 g/mol. The van der Waals surface area contributed by atoms with Gasteiger partial charge in [0, 0.05) is 5.02 Å². The van der Waals surface area contributed by atoms with Crippen LogP contribution in [0.25, 0.3) is 0 Å². The topological polar surface area (TPSA) is 36.8 Å². The van der Waals surface area contributed by atoms with E-state index < -0.39 is 0 Å². The molecule has 86 valence electrons. The molecule has 1 N–H and O–H groups in total. The van der Waals surface area contributed by atoms with E-state index in [1.165, 1.54) is 12.1 Å². The fraction of sp³-hybridized carbons (Fsp3) is 0. The van der Waals surface area contributed by atoms with E-state index in [4.69, 9.17) is 11.6 Å². The fourth-order valence-electron chi connectivity index (χ4n) is 1.17. The summed E-state index contributed by atoms with van der Waals surface area (Å²) in [5.74, 6) is -0.297. The largest absolute Gasteiger partial charge is 0.260 e. The standard InChI is InChI=1S/C12H9ClFN3/c13-9-1-5-11(6-2-9)15-17-16-12-7-3-10(14)4-8-12/h1-8H,(H,15,16). The van der Waals surface area contributed by atoms with E-state index in [2.05, 4.69) is 15.8 Å². The summed E-state index contributed by atoms with van der Waals surface area (Å²) in [5.41, 5.74) is 4.10. The third-order valence-corrected chi connectivity index (χ3v) is 2.27. The second kappa shape index (κ2) is 5.41. The maximum absolute atomic E-state index is 12.6. The number of benzene rings is 2. The first kappa shape index (κ1) is 11.5. The van der Waals surface area contributed by atoms with Crippen LogP contribution < -0.4 is 5.43 Å². The molecule has 0 saturated heterocycles. The molecule has 2 aromatic rings. The number of hydrogen-bond donors (Lipinski definition) is 1. The van der Waals surface area contributed by atoms with E-state index in [0.717, 1.165) is 5.69 Å². The third kappa shape index (κ3) is 3.53. The van der Waals surface area contributed by atoms with Crippen molar-refractivity contribution in [2.45, 2.75) is 0 Å². The van der Waals surface area contributed by atoms with Gasteiger partial charge in [0.15, 0.2) is 0 Å². The van der Waals surface area contributed by atoms with Crippen molar-refractivity contribution < 1.29 is 4.39 Å². The van der Waals surface area contributed by atoms with Crippen molar-refractivity contribution >= 4 is 23.0 Å². The Kier molecular flexibility index (Phi) is 3.67. The Morgan fingerprint density at radius 3 is 2.24 bits per heavy atom. The van der Waals surface area contributed by atoms with Crippen LogP contribution in [-0.2, 0) is 0 Å². The predicted octanol–water partition coefficient (Wildman–Crippen LogP) is 4.59. The molecule has 0 heterocycles. The van der Waals surface area contributed by atoms with Gasteiger partial charge in [-0.05, 0) is 48.5 Å². The van der Waals surface area contributed by atoms with Crippen molar-refractivity contribution in [2.24, 2.45) is 10.3 Å². The van der Waals surface area contributed by atoms with Crippen LogP contribution in [0.5, 0.6) is 0 Å². The molecule has 0 bridgehead atoms. The second-order valence-corrected chi connectivity index (χ2v) is 3.73. The van der Waals surface area contributed by atoms with Crippen LogP contribution >= 0.6 is 11.6 Å². The lowest BCUT2D eigenvalue weighted by Gasteiger charge is -1.98. The maximum atomic E-state index is 12.6. The minimum absolute atomic E-state index is 0.297. The molecule has 0 radical (unpaired) electrons. The van der Waals surface area contributed by atoms with Crippen LogP contribution in [0.3, 0.4) is 0 Å². The lowest BCUT2D eigenvalue weighted by atomic mass is 10.3. The third-order valence-electron chi connectivity index (χ3n) is 2.02. The highest BCUT2D eigenvalue weighted by Gasteiger charge is 1.92. The molecule has 0 aliphatic heterocycles. The molecule has 0 amide bonds. The lowest BCUT2D eigenvalue weighted by molar-refractivity contribution is 0.628. The van der Waals surface area contributed by atoms with Crippen molar-refractivity contribution in [2.75, 3.05) is 5.43 Å². The van der Waals surface area contributed by atoms with Gasteiger partial charge in [-0.2, -0.15) is 0 Å². The van der Waals surface area contributed by atoms with Gasteiger partial charge in [0.05, 0.1) is 11.4 Å². The Morgan fingerprint density at radius 1 is 0.941 bits per heavy atom. The normalized spacial score (nSPS) is 10.7. The zero-order chi connectivity index (χ0) is 12.1. The van der Waals surface area contributed by atoms with Crippen LogP contribution in [0.2, 0.25) is 5.02 Å². The average molecular weight is 250 g/mol. The molecule has 5 heteroatoms. The average Bonchev–Trinajstić information content (AvgIpc) is 2.34. The number of rotatable bonds is 3. The minimum atomic E-state index is -0.297. The summed E-state index contributed by atoms with van der Waals surface area (Å²) in [6.07, 6.45) is 0. The SMILES string of the molecule is Fc1ccc(N=NNc2ccc(Cl)cc2)cc1. The summed E-state index contributed by atoms with van der Waals surface area (Å²) in [4.78, 5) is 0. The highest BCUT2D eigenvalue weighted by molar-refractivity contribution is 6.30. The molecule has 2 aromatic carbocycles. The molecular weight excluding hydrogens is 241 g/mol. The van der Waals surface area contributed by atoms with Crippen molar-refractivity contribution in [3.05, 3.63) is 59.4 Å². The summed E-state index contributed by atoms with van der Waals surface area (Å²) >= 11 is 5.74. The number of halogens is 2. The Labute approximate surface area is 103 Å². The zero-order valence-electron chi connectivity index (χ0n) is 8.77. The number of nitrogens with zero attached hydrogens (tertiary/aromatic N) is 2. The fourth-order valence-corrected chi connectivity index (χ4v) is 1.30. The summed E-state index contributed by atoms with van der Waals surface area (Å²) < 4.78 is 12.6. The van der Waals surface area contributed by atoms with Gasteiger partial charge in [-0.3, -0.25) is 5.43 Å². The van der Waals surface area contributed by atoms with Crippen molar-refractivity contribution in [3.8, 4) is 0 Å². The second-order valence-electron chi connectivity index (χ2n) is 3.30. The molecule has 0 fully saturated rings. The Balaban J connectivity index is 1.97. The minimum Gasteiger partial charge on any atom is -0.260 e. The molecule has 0 atom stereocenters.